The van der Waals surface area contributed by atoms with Crippen LogP contribution >= 0.6 is 0 Å². The van der Waals surface area contributed by atoms with Gasteiger partial charge in [-0.2, -0.15) is 0 Å². The molecule has 0 aliphatic rings. The maximum atomic E-state index is 11.0. The quantitative estimate of drug-likeness (QED) is 0.580. The molecule has 1 atom stereocenters. The van der Waals surface area contributed by atoms with Gasteiger partial charge in [0.1, 0.15) is 5.92 Å². The smallest absolute Gasteiger partial charge is 0.229 e. The summed E-state index contributed by atoms with van der Waals surface area (Å²) in [5, 5.41) is 21.6. The minimum absolute atomic E-state index is 0.446. The van der Waals surface area contributed by atoms with Gasteiger partial charge in [-0.25, -0.2) is 0 Å². The standard InChI is InChI=1S/C11H14N2O4/c1-11(2,13(16)17)10(8-12(14)15)9-6-4-3-5-7-9/h3-7,10H,8H2,1-2H3/t10-/m0/s1. The zero-order valence-corrected chi connectivity index (χ0v) is 9.70. The molecule has 0 fully saturated rings. The van der Waals surface area contributed by atoms with Crippen molar-refractivity contribution in [1.82, 2.24) is 0 Å². The number of hydrogen-bond acceptors (Lipinski definition) is 4. The molecule has 0 aliphatic carbocycles. The summed E-state index contributed by atoms with van der Waals surface area (Å²) in [4.78, 5) is 20.7. The van der Waals surface area contributed by atoms with Gasteiger partial charge in [0.15, 0.2) is 0 Å². The minimum atomic E-state index is -1.37. The molecule has 1 aromatic carbocycles. The van der Waals surface area contributed by atoms with Crippen LogP contribution in [0.1, 0.15) is 25.3 Å². The second kappa shape index (κ2) is 4.90. The van der Waals surface area contributed by atoms with Crippen molar-refractivity contribution < 1.29 is 9.85 Å². The van der Waals surface area contributed by atoms with Crippen LogP contribution in [0.25, 0.3) is 0 Å². The van der Waals surface area contributed by atoms with Gasteiger partial charge in [-0.1, -0.05) is 30.3 Å². The van der Waals surface area contributed by atoms with Gasteiger partial charge >= 0.3 is 0 Å². The van der Waals surface area contributed by atoms with E-state index < -0.39 is 27.8 Å². The summed E-state index contributed by atoms with van der Waals surface area (Å²) in [6.45, 7) is 2.38. The monoisotopic (exact) mass is 238 g/mol. The average molecular weight is 238 g/mol. The highest BCUT2D eigenvalue weighted by Gasteiger charge is 2.44. The number of nitro groups is 2. The van der Waals surface area contributed by atoms with E-state index >= 15 is 0 Å². The van der Waals surface area contributed by atoms with Crippen LogP contribution in [0.5, 0.6) is 0 Å². The molecule has 92 valence electrons. The van der Waals surface area contributed by atoms with Crippen molar-refractivity contribution in [2.45, 2.75) is 25.3 Å². The summed E-state index contributed by atoms with van der Waals surface area (Å²) in [6.07, 6.45) is 0. The number of hydrogen-bond donors (Lipinski definition) is 0. The Hall–Kier alpha value is -1.98. The molecule has 0 N–H and O–H groups in total. The Labute approximate surface area is 98.6 Å². The zero-order valence-electron chi connectivity index (χ0n) is 9.70. The SMILES string of the molecule is CC(C)([C@@H](C[N+](=O)[O-])c1ccccc1)[N+](=O)[O-]. The lowest BCUT2D eigenvalue weighted by molar-refractivity contribution is -0.579. The Morgan fingerprint density at radius 1 is 1.18 bits per heavy atom. The first-order valence-corrected chi connectivity index (χ1v) is 5.17. The highest BCUT2D eigenvalue weighted by atomic mass is 16.6. The largest absolute Gasteiger partial charge is 0.265 e. The van der Waals surface area contributed by atoms with E-state index in [0.29, 0.717) is 5.56 Å². The van der Waals surface area contributed by atoms with Gasteiger partial charge < -0.3 is 0 Å². The van der Waals surface area contributed by atoms with Crippen LogP contribution in [0.15, 0.2) is 30.3 Å². The van der Waals surface area contributed by atoms with Crippen molar-refractivity contribution in [2.24, 2.45) is 0 Å². The lowest BCUT2D eigenvalue weighted by Crippen LogP contribution is -2.41. The van der Waals surface area contributed by atoms with E-state index in [1.54, 1.807) is 30.3 Å². The fourth-order valence-electron chi connectivity index (χ4n) is 1.70. The fraction of sp³-hybridized carbons (Fsp3) is 0.455. The second-order valence-electron chi connectivity index (χ2n) is 4.39. The molecule has 6 heteroatoms. The van der Waals surface area contributed by atoms with Crippen molar-refractivity contribution >= 4 is 0 Å². The summed E-state index contributed by atoms with van der Waals surface area (Å²) in [6, 6.07) is 8.57. The molecule has 0 saturated heterocycles. The summed E-state index contributed by atoms with van der Waals surface area (Å²) >= 11 is 0. The van der Waals surface area contributed by atoms with Gasteiger partial charge in [0.05, 0.1) is 0 Å². The number of nitrogens with zero attached hydrogens (tertiary/aromatic N) is 2. The van der Waals surface area contributed by atoms with E-state index in [1.807, 2.05) is 0 Å². The van der Waals surface area contributed by atoms with E-state index in [0.717, 1.165) is 0 Å². The van der Waals surface area contributed by atoms with E-state index in [9.17, 15) is 20.2 Å². The summed E-state index contributed by atoms with van der Waals surface area (Å²) in [7, 11) is 0. The molecule has 0 amide bonds. The molecular formula is C11H14N2O4. The molecule has 0 spiro atoms. The van der Waals surface area contributed by atoms with Crippen LogP contribution in [0.3, 0.4) is 0 Å². The van der Waals surface area contributed by atoms with E-state index in [1.165, 1.54) is 13.8 Å². The van der Waals surface area contributed by atoms with Crippen LogP contribution in [0, 0.1) is 20.2 Å². The number of benzene rings is 1. The molecule has 1 aromatic rings. The molecule has 0 heterocycles. The average Bonchev–Trinajstić information content (AvgIpc) is 2.26. The van der Waals surface area contributed by atoms with E-state index in [2.05, 4.69) is 0 Å². The number of rotatable bonds is 5. The molecular weight excluding hydrogens is 224 g/mol. The van der Waals surface area contributed by atoms with Gasteiger partial charge in [-0.3, -0.25) is 20.2 Å². The molecule has 0 radical (unpaired) electrons. The molecule has 0 saturated carbocycles. The maximum Gasteiger partial charge on any atom is 0.229 e. The van der Waals surface area contributed by atoms with Crippen molar-refractivity contribution in [3.8, 4) is 0 Å². The van der Waals surface area contributed by atoms with Crippen molar-refractivity contribution in [3.63, 3.8) is 0 Å². The van der Waals surface area contributed by atoms with Gasteiger partial charge in [0.2, 0.25) is 12.1 Å². The molecule has 0 bridgehead atoms. The third-order valence-corrected chi connectivity index (χ3v) is 2.86. The molecule has 0 aromatic heterocycles. The normalized spacial score (nSPS) is 13.1. The van der Waals surface area contributed by atoms with Crippen molar-refractivity contribution in [3.05, 3.63) is 56.1 Å². The van der Waals surface area contributed by atoms with Crippen LogP contribution in [0.2, 0.25) is 0 Å². The van der Waals surface area contributed by atoms with Gasteiger partial charge in [-0.15, -0.1) is 0 Å². The molecule has 0 unspecified atom stereocenters. The zero-order chi connectivity index (χ0) is 13.1. The lowest BCUT2D eigenvalue weighted by Gasteiger charge is -2.23. The van der Waals surface area contributed by atoms with Crippen LogP contribution in [0.4, 0.5) is 0 Å². The van der Waals surface area contributed by atoms with Crippen LogP contribution in [-0.2, 0) is 0 Å². The summed E-state index contributed by atoms with van der Waals surface area (Å²) < 4.78 is 0. The fourth-order valence-corrected chi connectivity index (χ4v) is 1.70. The first-order valence-electron chi connectivity index (χ1n) is 5.17. The Balaban J connectivity index is 3.13. The Morgan fingerprint density at radius 3 is 2.12 bits per heavy atom. The Bertz CT molecular complexity index is 417. The molecule has 0 aliphatic heterocycles. The van der Waals surface area contributed by atoms with E-state index in [-0.39, 0.29) is 0 Å². The first-order chi connectivity index (χ1) is 7.85. The topological polar surface area (TPSA) is 86.3 Å². The van der Waals surface area contributed by atoms with Gasteiger partial charge in [-0.05, 0) is 5.56 Å². The van der Waals surface area contributed by atoms with Gasteiger partial charge in [0, 0.05) is 23.7 Å². The van der Waals surface area contributed by atoms with Crippen molar-refractivity contribution in [1.29, 1.82) is 0 Å². The second-order valence-corrected chi connectivity index (χ2v) is 4.39. The highest BCUT2D eigenvalue weighted by molar-refractivity contribution is 5.22. The lowest BCUT2D eigenvalue weighted by atomic mass is 9.82. The van der Waals surface area contributed by atoms with Crippen LogP contribution < -0.4 is 0 Å². The van der Waals surface area contributed by atoms with Gasteiger partial charge in [0.25, 0.3) is 0 Å². The minimum Gasteiger partial charge on any atom is -0.265 e. The first kappa shape index (κ1) is 13.1. The van der Waals surface area contributed by atoms with Crippen LogP contribution in [-0.4, -0.2) is 21.9 Å². The molecule has 6 nitrogen and oxygen atoms in total. The predicted molar refractivity (Wildman–Crippen MR) is 62.1 cm³/mol. The van der Waals surface area contributed by atoms with E-state index in [4.69, 9.17) is 0 Å². The Kier molecular flexibility index (Phi) is 3.77. The summed E-state index contributed by atoms with van der Waals surface area (Å²) in [5.41, 5.74) is -0.750. The molecule has 17 heavy (non-hydrogen) atoms. The Morgan fingerprint density at radius 2 is 1.71 bits per heavy atom. The predicted octanol–water partition coefficient (Wildman–Crippen LogP) is 2.10. The highest BCUT2D eigenvalue weighted by Crippen LogP contribution is 2.30. The maximum absolute atomic E-state index is 11.0. The third kappa shape index (κ3) is 2.99. The van der Waals surface area contributed by atoms with Crippen molar-refractivity contribution in [2.75, 3.05) is 6.54 Å². The molecule has 1 rings (SSSR count). The summed E-state index contributed by atoms with van der Waals surface area (Å²) in [5.74, 6) is -0.742. The third-order valence-electron chi connectivity index (χ3n) is 2.86.